The molecule has 0 unspecified atom stereocenters. The van der Waals surface area contributed by atoms with Crippen molar-refractivity contribution in [3.05, 3.63) is 59.7 Å². The van der Waals surface area contributed by atoms with Gasteiger partial charge in [-0.25, -0.2) is 0 Å². The van der Waals surface area contributed by atoms with E-state index in [0.717, 1.165) is 5.56 Å². The fraction of sp³-hybridized carbons (Fsp3) is 0.318. The average Bonchev–Trinajstić information content (AvgIpc) is 3.06. The number of nitrogens with one attached hydrogen (secondary N) is 1. The summed E-state index contributed by atoms with van der Waals surface area (Å²) in [5, 5.41) is 2.93. The molecule has 0 aliphatic carbocycles. The number of anilines is 2. The number of benzene rings is 2. The quantitative estimate of drug-likeness (QED) is 0.847. The smallest absolute Gasteiger partial charge is 0.271 e. The van der Waals surface area contributed by atoms with E-state index in [4.69, 9.17) is 4.74 Å². The Bertz CT molecular complexity index is 990. The number of para-hydroxylation sites is 1. The number of fused-ring (bicyclic) bond motifs is 3. The molecule has 2 heterocycles. The van der Waals surface area contributed by atoms with Crippen LogP contribution in [-0.4, -0.2) is 48.5 Å². The molecule has 29 heavy (non-hydrogen) atoms. The summed E-state index contributed by atoms with van der Waals surface area (Å²) in [4.78, 5) is 42.8. The largest absolute Gasteiger partial charge is 0.383 e. The molecule has 0 radical (unpaired) electrons. The number of hydrogen-bond donors (Lipinski definition) is 1. The Morgan fingerprint density at radius 1 is 1.17 bits per heavy atom. The Kier molecular flexibility index (Phi) is 4.84. The summed E-state index contributed by atoms with van der Waals surface area (Å²) < 4.78 is 5.19. The highest BCUT2D eigenvalue weighted by molar-refractivity contribution is 6.18. The first-order valence-corrected chi connectivity index (χ1v) is 9.60. The lowest BCUT2D eigenvalue weighted by Crippen LogP contribution is -2.69. The van der Waals surface area contributed by atoms with Crippen LogP contribution in [0, 0.1) is 6.92 Å². The molecule has 0 bridgehead atoms. The van der Waals surface area contributed by atoms with Crippen LogP contribution in [0.25, 0.3) is 0 Å². The van der Waals surface area contributed by atoms with Crippen molar-refractivity contribution >= 4 is 29.1 Å². The molecule has 2 aliphatic rings. The van der Waals surface area contributed by atoms with Gasteiger partial charge in [-0.3, -0.25) is 19.3 Å². The van der Waals surface area contributed by atoms with Gasteiger partial charge in [0.2, 0.25) is 11.6 Å². The topological polar surface area (TPSA) is 79.0 Å². The van der Waals surface area contributed by atoms with Gasteiger partial charge < -0.3 is 15.0 Å². The van der Waals surface area contributed by atoms with Gasteiger partial charge in [-0.05, 0) is 36.8 Å². The number of aryl methyl sites for hydroxylation is 1. The number of nitrogens with zero attached hydrogens (tertiary/aromatic N) is 2. The van der Waals surface area contributed by atoms with Gasteiger partial charge in [0.15, 0.2) is 0 Å². The minimum Gasteiger partial charge on any atom is -0.383 e. The van der Waals surface area contributed by atoms with Crippen LogP contribution in [0.3, 0.4) is 0 Å². The highest BCUT2D eigenvalue weighted by Crippen LogP contribution is 2.44. The van der Waals surface area contributed by atoms with Crippen LogP contribution < -0.4 is 10.2 Å². The van der Waals surface area contributed by atoms with Crippen LogP contribution in [0.4, 0.5) is 11.4 Å². The standard InChI is InChI=1S/C22H23N3O4/c1-15-6-5-7-16(14-15)23-21(28)22-11-10-19(26)25(22)18-9-4-3-8-17(18)20(27)24(22)12-13-29-2/h3-9,14H,10-13H2,1-2H3,(H,23,28)/t22-/m1/s1. The first-order valence-electron chi connectivity index (χ1n) is 9.60. The van der Waals surface area contributed by atoms with E-state index in [1.807, 2.05) is 25.1 Å². The molecule has 1 fully saturated rings. The molecule has 0 saturated carbocycles. The maximum Gasteiger partial charge on any atom is 0.271 e. The minimum absolute atomic E-state index is 0.174. The number of methoxy groups -OCH3 is 1. The van der Waals surface area contributed by atoms with Gasteiger partial charge in [0.05, 0.1) is 17.9 Å². The van der Waals surface area contributed by atoms with Gasteiger partial charge >= 0.3 is 0 Å². The maximum atomic E-state index is 13.6. The lowest BCUT2D eigenvalue weighted by Gasteiger charge is -2.49. The van der Waals surface area contributed by atoms with Crippen molar-refractivity contribution < 1.29 is 19.1 Å². The first-order chi connectivity index (χ1) is 14.0. The first kappa shape index (κ1) is 19.1. The van der Waals surface area contributed by atoms with E-state index in [0.29, 0.717) is 16.9 Å². The molecule has 1 atom stereocenters. The SMILES string of the molecule is COCCN1C(=O)c2ccccc2N2C(=O)CC[C@@]12C(=O)Nc1cccc(C)c1. The monoisotopic (exact) mass is 393 g/mol. The third-order valence-corrected chi connectivity index (χ3v) is 5.53. The second-order valence-corrected chi connectivity index (χ2v) is 7.34. The van der Waals surface area contributed by atoms with Gasteiger partial charge in [0.25, 0.3) is 11.8 Å². The van der Waals surface area contributed by atoms with E-state index in [1.165, 1.54) is 9.80 Å². The zero-order chi connectivity index (χ0) is 20.6. The predicted octanol–water partition coefficient (Wildman–Crippen LogP) is 2.56. The van der Waals surface area contributed by atoms with Crippen LogP contribution in [0.15, 0.2) is 48.5 Å². The summed E-state index contributed by atoms with van der Waals surface area (Å²) >= 11 is 0. The van der Waals surface area contributed by atoms with Gasteiger partial charge in [0.1, 0.15) is 0 Å². The molecule has 1 N–H and O–H groups in total. The Balaban J connectivity index is 1.83. The Hall–Kier alpha value is -3.19. The highest BCUT2D eigenvalue weighted by atomic mass is 16.5. The zero-order valence-electron chi connectivity index (χ0n) is 16.5. The fourth-order valence-corrected chi connectivity index (χ4v) is 4.22. The summed E-state index contributed by atoms with van der Waals surface area (Å²) in [7, 11) is 1.54. The number of carbonyl (C=O) groups is 3. The summed E-state index contributed by atoms with van der Waals surface area (Å²) in [5.74, 6) is -0.845. The predicted molar refractivity (Wildman–Crippen MR) is 109 cm³/mol. The third-order valence-electron chi connectivity index (χ3n) is 5.53. The fourth-order valence-electron chi connectivity index (χ4n) is 4.22. The van der Waals surface area contributed by atoms with Crippen LogP contribution in [-0.2, 0) is 14.3 Å². The van der Waals surface area contributed by atoms with Crippen molar-refractivity contribution in [3.8, 4) is 0 Å². The van der Waals surface area contributed by atoms with Crippen molar-refractivity contribution in [1.29, 1.82) is 0 Å². The molecule has 150 valence electrons. The van der Waals surface area contributed by atoms with Crippen LogP contribution in [0.1, 0.15) is 28.8 Å². The molecule has 7 heteroatoms. The lowest BCUT2D eigenvalue weighted by atomic mass is 9.95. The number of hydrogen-bond acceptors (Lipinski definition) is 4. The second-order valence-electron chi connectivity index (χ2n) is 7.34. The highest BCUT2D eigenvalue weighted by Gasteiger charge is 2.60. The van der Waals surface area contributed by atoms with E-state index in [-0.39, 0.29) is 37.8 Å². The van der Waals surface area contributed by atoms with E-state index in [2.05, 4.69) is 5.32 Å². The van der Waals surface area contributed by atoms with Crippen LogP contribution >= 0.6 is 0 Å². The number of ether oxygens (including phenoxy) is 1. The van der Waals surface area contributed by atoms with Gasteiger partial charge in [-0.1, -0.05) is 24.3 Å². The summed E-state index contributed by atoms with van der Waals surface area (Å²) in [6.45, 7) is 2.40. The number of amides is 3. The molecular weight excluding hydrogens is 370 g/mol. The molecule has 2 aromatic carbocycles. The van der Waals surface area contributed by atoms with Gasteiger partial charge in [0, 0.05) is 32.2 Å². The van der Waals surface area contributed by atoms with Crippen molar-refractivity contribution in [2.45, 2.75) is 25.4 Å². The molecular formula is C22H23N3O4. The van der Waals surface area contributed by atoms with Crippen LogP contribution in [0.5, 0.6) is 0 Å². The second kappa shape index (κ2) is 7.33. The van der Waals surface area contributed by atoms with E-state index < -0.39 is 11.6 Å². The van der Waals surface area contributed by atoms with Gasteiger partial charge in [-0.2, -0.15) is 0 Å². The molecule has 1 saturated heterocycles. The minimum atomic E-state index is -1.41. The van der Waals surface area contributed by atoms with E-state index in [9.17, 15) is 14.4 Å². The molecule has 3 amide bonds. The Morgan fingerprint density at radius 3 is 2.72 bits per heavy atom. The molecule has 2 aromatic rings. The molecule has 0 aromatic heterocycles. The van der Waals surface area contributed by atoms with Gasteiger partial charge in [-0.15, -0.1) is 0 Å². The molecule has 0 spiro atoms. The van der Waals surface area contributed by atoms with Crippen molar-refractivity contribution in [1.82, 2.24) is 4.90 Å². The molecule has 4 rings (SSSR count). The maximum absolute atomic E-state index is 13.6. The van der Waals surface area contributed by atoms with Crippen LogP contribution in [0.2, 0.25) is 0 Å². The van der Waals surface area contributed by atoms with Crippen molar-refractivity contribution in [2.24, 2.45) is 0 Å². The Labute approximate surface area is 169 Å². The third kappa shape index (κ3) is 2.98. The number of rotatable bonds is 5. The normalized spacial score (nSPS) is 20.5. The van der Waals surface area contributed by atoms with Crippen molar-refractivity contribution in [2.75, 3.05) is 30.5 Å². The summed E-state index contributed by atoms with van der Waals surface area (Å²) in [6, 6.07) is 14.4. The average molecular weight is 393 g/mol. The molecule has 2 aliphatic heterocycles. The lowest BCUT2D eigenvalue weighted by molar-refractivity contribution is -0.129. The number of carbonyl (C=O) groups excluding carboxylic acids is 3. The summed E-state index contributed by atoms with van der Waals surface area (Å²) in [6.07, 6.45) is 0.416. The molecule has 7 nitrogen and oxygen atoms in total. The Morgan fingerprint density at radius 2 is 1.97 bits per heavy atom. The van der Waals surface area contributed by atoms with Crippen molar-refractivity contribution in [3.63, 3.8) is 0 Å². The zero-order valence-corrected chi connectivity index (χ0v) is 16.5. The van der Waals surface area contributed by atoms with E-state index >= 15 is 0 Å². The van der Waals surface area contributed by atoms with E-state index in [1.54, 1.807) is 37.4 Å². The summed E-state index contributed by atoms with van der Waals surface area (Å²) in [5.41, 5.74) is 1.11.